The first-order valence-electron chi connectivity index (χ1n) is 6.36. The Labute approximate surface area is 117 Å². The number of nitrogens with one attached hydrogen (secondary N) is 1. The van der Waals surface area contributed by atoms with Crippen LogP contribution in [-0.2, 0) is 4.79 Å². The van der Waals surface area contributed by atoms with Crippen molar-refractivity contribution in [3.63, 3.8) is 0 Å². The lowest BCUT2D eigenvalue weighted by molar-refractivity contribution is -0.123. The molecule has 0 saturated heterocycles. The minimum atomic E-state index is -1.06. The lowest BCUT2D eigenvalue weighted by Crippen LogP contribution is -2.28. The van der Waals surface area contributed by atoms with E-state index in [1.807, 2.05) is 24.3 Å². The van der Waals surface area contributed by atoms with Gasteiger partial charge in [0.2, 0.25) is 5.91 Å². The Morgan fingerprint density at radius 3 is 2.10 bits per heavy atom. The highest BCUT2D eigenvalue weighted by molar-refractivity contribution is 6.06. The zero-order valence-electron chi connectivity index (χ0n) is 11.7. The SMILES string of the molecule is CC(C)(C)C(=O)Nc1cc2ccccc2cc1C(=O)O. The average molecular weight is 271 g/mol. The van der Waals surface area contributed by atoms with Crippen molar-refractivity contribution in [1.82, 2.24) is 0 Å². The number of fused-ring (bicyclic) bond motifs is 1. The second-order valence-corrected chi connectivity index (χ2v) is 5.75. The predicted octanol–water partition coefficient (Wildman–Crippen LogP) is 3.52. The topological polar surface area (TPSA) is 66.4 Å². The van der Waals surface area contributed by atoms with Crippen molar-refractivity contribution in [1.29, 1.82) is 0 Å². The minimum absolute atomic E-state index is 0.0984. The second kappa shape index (κ2) is 4.96. The molecule has 0 unspecified atom stereocenters. The van der Waals surface area contributed by atoms with Crippen LogP contribution in [-0.4, -0.2) is 17.0 Å². The summed E-state index contributed by atoms with van der Waals surface area (Å²) >= 11 is 0. The van der Waals surface area contributed by atoms with Crippen molar-refractivity contribution in [3.05, 3.63) is 42.0 Å². The highest BCUT2D eigenvalue weighted by Crippen LogP contribution is 2.26. The van der Waals surface area contributed by atoms with E-state index in [1.54, 1.807) is 32.9 Å². The van der Waals surface area contributed by atoms with E-state index in [0.29, 0.717) is 5.69 Å². The summed E-state index contributed by atoms with van der Waals surface area (Å²) in [6.45, 7) is 5.34. The van der Waals surface area contributed by atoms with Gasteiger partial charge in [-0.15, -0.1) is 0 Å². The van der Waals surface area contributed by atoms with Crippen molar-refractivity contribution in [2.45, 2.75) is 20.8 Å². The molecular formula is C16H17NO3. The van der Waals surface area contributed by atoms with Crippen LogP contribution in [0.3, 0.4) is 0 Å². The number of benzene rings is 2. The Morgan fingerprint density at radius 1 is 1.05 bits per heavy atom. The fourth-order valence-corrected chi connectivity index (χ4v) is 1.83. The quantitative estimate of drug-likeness (QED) is 0.878. The Morgan fingerprint density at radius 2 is 1.60 bits per heavy atom. The number of hydrogen-bond donors (Lipinski definition) is 2. The summed E-state index contributed by atoms with van der Waals surface area (Å²) in [5.41, 5.74) is -0.154. The third kappa shape index (κ3) is 2.79. The van der Waals surface area contributed by atoms with Crippen LogP contribution in [0.4, 0.5) is 5.69 Å². The Bertz CT molecular complexity index is 684. The molecule has 104 valence electrons. The van der Waals surface area contributed by atoms with Gasteiger partial charge < -0.3 is 10.4 Å². The van der Waals surface area contributed by atoms with Crippen LogP contribution >= 0.6 is 0 Å². The summed E-state index contributed by atoms with van der Waals surface area (Å²) in [5.74, 6) is -1.27. The number of hydrogen-bond acceptors (Lipinski definition) is 2. The molecule has 1 amide bonds. The molecule has 0 aliphatic carbocycles. The van der Waals surface area contributed by atoms with Gasteiger partial charge in [-0.05, 0) is 22.9 Å². The van der Waals surface area contributed by atoms with Crippen molar-refractivity contribution >= 4 is 28.3 Å². The largest absolute Gasteiger partial charge is 0.478 e. The summed E-state index contributed by atoms with van der Waals surface area (Å²) in [6, 6.07) is 10.7. The monoisotopic (exact) mass is 271 g/mol. The molecule has 0 radical (unpaired) electrons. The molecule has 0 saturated carbocycles. The molecule has 2 aromatic rings. The molecule has 2 rings (SSSR count). The third-order valence-corrected chi connectivity index (χ3v) is 3.05. The Kier molecular flexibility index (Phi) is 3.49. The zero-order chi connectivity index (χ0) is 14.9. The van der Waals surface area contributed by atoms with Crippen LogP contribution in [0.25, 0.3) is 10.8 Å². The van der Waals surface area contributed by atoms with Crippen molar-refractivity contribution in [3.8, 4) is 0 Å². The summed E-state index contributed by atoms with van der Waals surface area (Å²) in [4.78, 5) is 23.4. The van der Waals surface area contributed by atoms with E-state index in [-0.39, 0.29) is 11.5 Å². The molecule has 2 N–H and O–H groups in total. The van der Waals surface area contributed by atoms with Gasteiger partial charge in [0.25, 0.3) is 0 Å². The molecule has 0 heterocycles. The van der Waals surface area contributed by atoms with E-state index in [2.05, 4.69) is 5.32 Å². The fourth-order valence-electron chi connectivity index (χ4n) is 1.83. The van der Waals surface area contributed by atoms with Crippen molar-refractivity contribution in [2.24, 2.45) is 5.41 Å². The number of rotatable bonds is 2. The van der Waals surface area contributed by atoms with Gasteiger partial charge in [0.05, 0.1) is 11.3 Å². The van der Waals surface area contributed by atoms with Crippen LogP contribution in [0.2, 0.25) is 0 Å². The first-order chi connectivity index (χ1) is 9.29. The molecule has 2 aromatic carbocycles. The van der Waals surface area contributed by atoms with Gasteiger partial charge in [-0.1, -0.05) is 45.0 Å². The summed E-state index contributed by atoms with van der Waals surface area (Å²) in [5, 5.41) is 13.7. The number of carboxylic acid groups (broad SMARTS) is 1. The first kappa shape index (κ1) is 14.1. The maximum atomic E-state index is 12.0. The van der Waals surface area contributed by atoms with Gasteiger partial charge in [0.15, 0.2) is 0 Å². The molecule has 0 bridgehead atoms. The lowest BCUT2D eigenvalue weighted by Gasteiger charge is -2.19. The maximum Gasteiger partial charge on any atom is 0.337 e. The molecular weight excluding hydrogens is 254 g/mol. The highest BCUT2D eigenvalue weighted by Gasteiger charge is 2.23. The summed E-state index contributed by atoms with van der Waals surface area (Å²) in [7, 11) is 0. The number of carboxylic acids is 1. The molecule has 0 atom stereocenters. The van der Waals surface area contributed by atoms with E-state index in [0.717, 1.165) is 10.8 Å². The second-order valence-electron chi connectivity index (χ2n) is 5.75. The van der Waals surface area contributed by atoms with Gasteiger partial charge in [0, 0.05) is 5.41 Å². The van der Waals surface area contributed by atoms with Gasteiger partial charge in [-0.2, -0.15) is 0 Å². The smallest absolute Gasteiger partial charge is 0.337 e. The summed E-state index contributed by atoms with van der Waals surface area (Å²) in [6.07, 6.45) is 0. The van der Waals surface area contributed by atoms with Crippen LogP contribution in [0.5, 0.6) is 0 Å². The van der Waals surface area contributed by atoms with Crippen LogP contribution in [0.15, 0.2) is 36.4 Å². The lowest BCUT2D eigenvalue weighted by atomic mass is 9.95. The number of amides is 1. The molecule has 0 aliphatic heterocycles. The van der Waals surface area contributed by atoms with Gasteiger partial charge in [-0.25, -0.2) is 4.79 Å². The van der Waals surface area contributed by atoms with Crippen LogP contribution < -0.4 is 5.32 Å². The van der Waals surface area contributed by atoms with Crippen molar-refractivity contribution in [2.75, 3.05) is 5.32 Å². The van der Waals surface area contributed by atoms with E-state index in [4.69, 9.17) is 0 Å². The standard InChI is InChI=1S/C16H17NO3/c1-16(2,3)15(20)17-13-9-11-7-5-4-6-10(11)8-12(13)14(18)19/h4-9H,1-3H3,(H,17,20)(H,18,19). The highest BCUT2D eigenvalue weighted by atomic mass is 16.4. The Hall–Kier alpha value is -2.36. The molecule has 0 aliphatic rings. The molecule has 0 aromatic heterocycles. The van der Waals surface area contributed by atoms with E-state index in [9.17, 15) is 14.7 Å². The fraction of sp³-hybridized carbons (Fsp3) is 0.250. The molecule has 20 heavy (non-hydrogen) atoms. The van der Waals surface area contributed by atoms with Gasteiger partial charge >= 0.3 is 5.97 Å². The predicted molar refractivity (Wildman–Crippen MR) is 79.0 cm³/mol. The van der Waals surface area contributed by atoms with Crippen LogP contribution in [0, 0.1) is 5.41 Å². The maximum absolute atomic E-state index is 12.0. The molecule has 0 fully saturated rings. The third-order valence-electron chi connectivity index (χ3n) is 3.05. The first-order valence-corrected chi connectivity index (χ1v) is 6.36. The number of carbonyl (C=O) groups is 2. The Balaban J connectivity index is 2.53. The van der Waals surface area contributed by atoms with Gasteiger partial charge in [0.1, 0.15) is 0 Å². The number of aromatic carboxylic acids is 1. The zero-order valence-corrected chi connectivity index (χ0v) is 11.7. The summed E-state index contributed by atoms with van der Waals surface area (Å²) < 4.78 is 0. The number of anilines is 1. The molecule has 4 nitrogen and oxygen atoms in total. The van der Waals surface area contributed by atoms with E-state index >= 15 is 0 Å². The van der Waals surface area contributed by atoms with Gasteiger partial charge in [-0.3, -0.25) is 4.79 Å². The molecule has 0 spiro atoms. The average Bonchev–Trinajstić information content (AvgIpc) is 2.36. The normalized spacial score (nSPS) is 11.3. The van der Waals surface area contributed by atoms with E-state index < -0.39 is 11.4 Å². The number of carbonyl (C=O) groups excluding carboxylic acids is 1. The van der Waals surface area contributed by atoms with Crippen molar-refractivity contribution < 1.29 is 14.7 Å². The minimum Gasteiger partial charge on any atom is -0.478 e. The molecule has 4 heteroatoms. The van der Waals surface area contributed by atoms with Crippen LogP contribution in [0.1, 0.15) is 31.1 Å². The van der Waals surface area contributed by atoms with E-state index in [1.165, 1.54) is 0 Å².